The molecule has 0 bridgehead atoms. The van der Waals surface area contributed by atoms with Crippen LogP contribution in [0.1, 0.15) is 90.0 Å². The predicted molar refractivity (Wildman–Crippen MR) is 152 cm³/mol. The molecule has 0 heterocycles. The molecule has 0 aromatic heterocycles. The molecule has 2 aliphatic rings. The maximum absolute atomic E-state index is 2.53. The molecule has 0 N–H and O–H groups in total. The van der Waals surface area contributed by atoms with Gasteiger partial charge in [-0.25, -0.2) is 0 Å². The van der Waals surface area contributed by atoms with Crippen LogP contribution < -0.4 is 0 Å². The van der Waals surface area contributed by atoms with E-state index in [2.05, 4.69) is 134 Å². The summed E-state index contributed by atoms with van der Waals surface area (Å²) in [4.78, 5) is 0. The van der Waals surface area contributed by atoms with E-state index in [1.807, 2.05) is 0 Å². The quantitative estimate of drug-likeness (QED) is 0.365. The van der Waals surface area contributed by atoms with Crippen molar-refractivity contribution in [2.75, 3.05) is 0 Å². The third kappa shape index (κ3) is 4.02. The number of hydrogen-bond donors (Lipinski definition) is 0. The fourth-order valence-electron chi connectivity index (χ4n) is 6.01. The summed E-state index contributed by atoms with van der Waals surface area (Å²) in [5, 5.41) is 0. The highest BCUT2D eigenvalue weighted by molar-refractivity contribution is 5.92. The molecule has 0 amide bonds. The molecule has 0 saturated heterocycles. The van der Waals surface area contributed by atoms with Crippen molar-refractivity contribution in [1.82, 2.24) is 0 Å². The summed E-state index contributed by atoms with van der Waals surface area (Å²) < 4.78 is 0. The van der Waals surface area contributed by atoms with E-state index in [1.165, 1.54) is 50.1 Å². The molecule has 0 spiro atoms. The Kier molecular flexibility index (Phi) is 5.51. The first-order chi connectivity index (χ1) is 16.4. The molecular formula is C35H40. The van der Waals surface area contributed by atoms with Crippen molar-refractivity contribution in [3.8, 4) is 22.3 Å². The van der Waals surface area contributed by atoms with Crippen LogP contribution in [0.5, 0.6) is 0 Å². The van der Waals surface area contributed by atoms with Gasteiger partial charge in [-0.2, -0.15) is 0 Å². The number of hydrogen-bond acceptors (Lipinski definition) is 0. The predicted octanol–water partition coefficient (Wildman–Crippen LogP) is 9.97. The number of rotatable bonds is 3. The van der Waals surface area contributed by atoms with Gasteiger partial charge in [0.25, 0.3) is 0 Å². The lowest BCUT2D eigenvalue weighted by atomic mass is 9.68. The van der Waals surface area contributed by atoms with Gasteiger partial charge in [0.15, 0.2) is 0 Å². The molecule has 0 saturated carbocycles. The zero-order valence-corrected chi connectivity index (χ0v) is 22.8. The Morgan fingerprint density at radius 3 is 1.91 bits per heavy atom. The molecule has 5 rings (SSSR count). The van der Waals surface area contributed by atoms with Crippen molar-refractivity contribution in [1.29, 1.82) is 0 Å². The molecule has 1 atom stereocenters. The van der Waals surface area contributed by atoms with Crippen molar-refractivity contribution in [2.45, 2.75) is 78.6 Å². The van der Waals surface area contributed by atoms with E-state index in [-0.39, 0.29) is 16.2 Å². The maximum atomic E-state index is 2.53. The van der Waals surface area contributed by atoms with Crippen molar-refractivity contribution < 1.29 is 0 Å². The topological polar surface area (TPSA) is 0 Å². The van der Waals surface area contributed by atoms with Gasteiger partial charge < -0.3 is 0 Å². The molecule has 0 aliphatic heterocycles. The zero-order valence-electron chi connectivity index (χ0n) is 22.8. The summed E-state index contributed by atoms with van der Waals surface area (Å²) in [6.45, 7) is 18.9. The lowest BCUT2D eigenvalue weighted by Gasteiger charge is -2.35. The minimum atomic E-state index is -0.00598. The fraction of sp³-hybridized carbons (Fsp3) is 0.371. The molecular weight excluding hydrogens is 420 g/mol. The first-order valence-electron chi connectivity index (χ1n) is 13.1. The van der Waals surface area contributed by atoms with Crippen molar-refractivity contribution >= 4 is 0 Å². The number of allylic oxidation sites excluding steroid dienone is 4. The average molecular weight is 461 g/mol. The lowest BCUT2D eigenvalue weighted by molar-refractivity contribution is 0.402. The van der Waals surface area contributed by atoms with Gasteiger partial charge in [0, 0.05) is 11.3 Å². The average Bonchev–Trinajstić information content (AvgIpc) is 3.44. The van der Waals surface area contributed by atoms with E-state index in [0.29, 0.717) is 5.92 Å². The zero-order chi connectivity index (χ0) is 25.2. The van der Waals surface area contributed by atoms with Gasteiger partial charge >= 0.3 is 0 Å². The Labute approximate surface area is 212 Å². The van der Waals surface area contributed by atoms with E-state index in [0.717, 1.165) is 6.42 Å². The van der Waals surface area contributed by atoms with Crippen LogP contribution in [0.15, 0.2) is 84.5 Å². The summed E-state index contributed by atoms with van der Waals surface area (Å²) >= 11 is 0. The largest absolute Gasteiger partial charge is 0.0804 e. The van der Waals surface area contributed by atoms with Crippen LogP contribution in [0.3, 0.4) is 0 Å². The highest BCUT2D eigenvalue weighted by atomic mass is 14.5. The van der Waals surface area contributed by atoms with Crippen LogP contribution in [0, 0.1) is 5.41 Å². The van der Waals surface area contributed by atoms with Gasteiger partial charge in [0.05, 0.1) is 0 Å². The second-order valence-corrected chi connectivity index (χ2v) is 13.1. The Balaban J connectivity index is 1.87. The molecule has 1 unspecified atom stereocenters. The van der Waals surface area contributed by atoms with Gasteiger partial charge in [-0.05, 0) is 73.4 Å². The highest BCUT2D eigenvalue weighted by Crippen LogP contribution is 2.59. The highest BCUT2D eigenvalue weighted by Gasteiger charge is 2.43. The molecule has 35 heavy (non-hydrogen) atoms. The van der Waals surface area contributed by atoms with Crippen molar-refractivity contribution in [3.05, 3.63) is 107 Å². The minimum absolute atomic E-state index is 0.00598. The molecule has 2 aliphatic carbocycles. The Morgan fingerprint density at radius 1 is 0.657 bits per heavy atom. The van der Waals surface area contributed by atoms with Crippen LogP contribution in [-0.2, 0) is 10.8 Å². The summed E-state index contributed by atoms with van der Waals surface area (Å²) in [7, 11) is 0. The van der Waals surface area contributed by atoms with E-state index in [4.69, 9.17) is 0 Å². The van der Waals surface area contributed by atoms with Gasteiger partial charge in [-0.1, -0.05) is 128 Å². The Bertz CT molecular complexity index is 1330. The maximum Gasteiger partial charge on any atom is 0.0194 e. The minimum Gasteiger partial charge on any atom is -0.0804 e. The molecule has 0 nitrogen and oxygen atoms in total. The summed E-state index contributed by atoms with van der Waals surface area (Å²) in [5.74, 6) is 0.313. The standard InChI is InChI=1S/C35H40/c1-33(2,3)25-18-19-27-29(20-25)32(35(7,8)24-16-12-13-17-24)30-22-26(34(4,5)6)21-28(31(27)30)23-14-10-9-11-15-23/h9-12,14-22,32H,13H2,1-8H3. The Hall–Kier alpha value is -2.86. The van der Waals surface area contributed by atoms with Crippen LogP contribution in [0.4, 0.5) is 0 Å². The van der Waals surface area contributed by atoms with Crippen LogP contribution in [0.2, 0.25) is 0 Å². The van der Waals surface area contributed by atoms with Gasteiger partial charge in [-0.15, -0.1) is 0 Å². The monoisotopic (exact) mass is 460 g/mol. The summed E-state index contributed by atoms with van der Waals surface area (Å²) in [6, 6.07) is 23.3. The molecule has 180 valence electrons. The first kappa shape index (κ1) is 23.9. The van der Waals surface area contributed by atoms with Gasteiger partial charge in [-0.3, -0.25) is 0 Å². The molecule has 0 radical (unpaired) electrons. The van der Waals surface area contributed by atoms with Gasteiger partial charge in [0.2, 0.25) is 0 Å². The first-order valence-corrected chi connectivity index (χ1v) is 13.1. The van der Waals surface area contributed by atoms with E-state index in [1.54, 1.807) is 0 Å². The van der Waals surface area contributed by atoms with Crippen LogP contribution in [-0.4, -0.2) is 0 Å². The second kappa shape index (κ2) is 8.09. The third-order valence-electron chi connectivity index (χ3n) is 8.17. The number of fused-ring (bicyclic) bond motifs is 3. The summed E-state index contributed by atoms with van der Waals surface area (Å²) in [6.07, 6.45) is 8.14. The SMILES string of the molecule is CC(C)(C)c1ccc2c(c1)C(C(C)(C)C1=CCC=C1)c1cc(C(C)(C)C)cc(-c3ccccc3)c1-2. The van der Waals surface area contributed by atoms with E-state index in [9.17, 15) is 0 Å². The van der Waals surface area contributed by atoms with E-state index >= 15 is 0 Å². The molecule has 0 heteroatoms. The smallest absolute Gasteiger partial charge is 0.0194 e. The second-order valence-electron chi connectivity index (χ2n) is 13.1. The molecule has 0 fully saturated rings. The molecule has 3 aromatic carbocycles. The number of benzene rings is 3. The van der Waals surface area contributed by atoms with Crippen molar-refractivity contribution in [3.63, 3.8) is 0 Å². The van der Waals surface area contributed by atoms with Gasteiger partial charge in [0.1, 0.15) is 0 Å². The van der Waals surface area contributed by atoms with E-state index < -0.39 is 0 Å². The third-order valence-corrected chi connectivity index (χ3v) is 8.17. The fourth-order valence-corrected chi connectivity index (χ4v) is 6.01. The summed E-state index contributed by atoms with van der Waals surface area (Å²) in [5.41, 5.74) is 13.0. The normalized spacial score (nSPS) is 17.4. The lowest BCUT2D eigenvalue weighted by Crippen LogP contribution is -2.24. The van der Waals surface area contributed by atoms with Crippen LogP contribution in [0.25, 0.3) is 22.3 Å². The van der Waals surface area contributed by atoms with Crippen molar-refractivity contribution in [2.24, 2.45) is 5.41 Å². The van der Waals surface area contributed by atoms with Crippen LogP contribution >= 0.6 is 0 Å². The molecule has 3 aromatic rings. The Morgan fingerprint density at radius 2 is 1.31 bits per heavy atom.